The van der Waals surface area contributed by atoms with Crippen LogP contribution in [0.15, 0.2) is 82.8 Å². The third-order valence-electron chi connectivity index (χ3n) is 3.31. The molecule has 1 aromatic heterocycles. The Bertz CT molecular complexity index is 900. The number of amides is 2. The van der Waals surface area contributed by atoms with Crippen LogP contribution in [0.2, 0.25) is 0 Å². The van der Waals surface area contributed by atoms with Gasteiger partial charge in [0, 0.05) is 33.8 Å². The molecule has 0 bridgehead atoms. The fraction of sp³-hybridized carbons (Fsp3) is 0. The lowest BCUT2D eigenvalue weighted by Gasteiger charge is -2.08. The summed E-state index contributed by atoms with van der Waals surface area (Å²) in [5.74, 6) is 0. The van der Waals surface area contributed by atoms with E-state index in [1.807, 2.05) is 12.1 Å². The first kappa shape index (κ1) is 17.4. The molecule has 0 atom stereocenters. The first-order valence-electron chi connectivity index (χ1n) is 7.60. The van der Waals surface area contributed by atoms with Gasteiger partial charge in [-0.25, -0.2) is 4.79 Å². The number of urea groups is 1. The lowest BCUT2D eigenvalue weighted by atomic mass is 10.3. The van der Waals surface area contributed by atoms with Gasteiger partial charge in [-0.2, -0.15) is 0 Å². The Morgan fingerprint density at radius 3 is 2.12 bits per heavy atom. The maximum Gasteiger partial charge on any atom is 0.323 e. The molecule has 0 fully saturated rings. The van der Waals surface area contributed by atoms with E-state index in [4.69, 9.17) is 0 Å². The van der Waals surface area contributed by atoms with E-state index in [9.17, 15) is 14.9 Å². The number of aromatic nitrogens is 1. The summed E-state index contributed by atoms with van der Waals surface area (Å²) in [6.45, 7) is 0. The predicted molar refractivity (Wildman–Crippen MR) is 101 cm³/mol. The van der Waals surface area contributed by atoms with E-state index < -0.39 is 4.92 Å². The molecular formula is C18H14N4O3S. The SMILES string of the molecule is O=C(Nc1ccc(Sc2ccc([N+](=O)[O-])cc2)cc1)Nc1cccnc1. The highest BCUT2D eigenvalue weighted by atomic mass is 32.2. The summed E-state index contributed by atoms with van der Waals surface area (Å²) < 4.78 is 0. The molecule has 130 valence electrons. The van der Waals surface area contributed by atoms with Crippen molar-refractivity contribution < 1.29 is 9.72 Å². The molecule has 2 N–H and O–H groups in total. The average molecular weight is 366 g/mol. The van der Waals surface area contributed by atoms with Gasteiger partial charge in [0.1, 0.15) is 0 Å². The Morgan fingerprint density at radius 2 is 1.54 bits per heavy atom. The van der Waals surface area contributed by atoms with Gasteiger partial charge in [-0.05, 0) is 48.5 Å². The van der Waals surface area contributed by atoms with Crippen molar-refractivity contribution in [1.29, 1.82) is 0 Å². The number of rotatable bonds is 5. The maximum atomic E-state index is 11.9. The van der Waals surface area contributed by atoms with Crippen molar-refractivity contribution in [3.63, 3.8) is 0 Å². The number of non-ortho nitro benzene ring substituents is 1. The number of hydrogen-bond donors (Lipinski definition) is 2. The van der Waals surface area contributed by atoms with Crippen LogP contribution in [-0.2, 0) is 0 Å². The molecule has 0 radical (unpaired) electrons. The molecule has 0 aliphatic carbocycles. The molecule has 2 amide bonds. The van der Waals surface area contributed by atoms with Gasteiger partial charge in [-0.1, -0.05) is 11.8 Å². The molecule has 0 saturated heterocycles. The molecule has 0 spiro atoms. The number of hydrogen-bond acceptors (Lipinski definition) is 5. The zero-order valence-electron chi connectivity index (χ0n) is 13.5. The first-order chi connectivity index (χ1) is 12.6. The number of nitrogens with one attached hydrogen (secondary N) is 2. The number of pyridine rings is 1. The zero-order valence-corrected chi connectivity index (χ0v) is 14.3. The molecule has 7 nitrogen and oxygen atoms in total. The summed E-state index contributed by atoms with van der Waals surface area (Å²) in [7, 11) is 0. The molecule has 1 heterocycles. The molecule has 0 unspecified atom stereocenters. The molecule has 26 heavy (non-hydrogen) atoms. The van der Waals surface area contributed by atoms with E-state index >= 15 is 0 Å². The smallest absolute Gasteiger partial charge is 0.308 e. The van der Waals surface area contributed by atoms with Crippen LogP contribution in [0.1, 0.15) is 0 Å². The van der Waals surface area contributed by atoms with Gasteiger partial charge in [-0.15, -0.1) is 0 Å². The molecule has 8 heteroatoms. The number of carbonyl (C=O) groups excluding carboxylic acids is 1. The van der Waals surface area contributed by atoms with E-state index in [0.29, 0.717) is 11.4 Å². The monoisotopic (exact) mass is 366 g/mol. The largest absolute Gasteiger partial charge is 0.323 e. The maximum absolute atomic E-state index is 11.9. The van der Waals surface area contributed by atoms with E-state index in [0.717, 1.165) is 9.79 Å². The van der Waals surface area contributed by atoms with Gasteiger partial charge in [0.2, 0.25) is 0 Å². The van der Waals surface area contributed by atoms with E-state index in [2.05, 4.69) is 15.6 Å². The van der Waals surface area contributed by atoms with Crippen molar-refractivity contribution in [2.45, 2.75) is 9.79 Å². The molecule has 0 saturated carbocycles. The summed E-state index contributed by atoms with van der Waals surface area (Å²) >= 11 is 1.48. The minimum Gasteiger partial charge on any atom is -0.308 e. The number of nitro groups is 1. The van der Waals surface area contributed by atoms with Gasteiger partial charge >= 0.3 is 6.03 Å². The Kier molecular flexibility index (Phi) is 5.45. The summed E-state index contributed by atoms with van der Waals surface area (Å²) in [4.78, 5) is 28.0. The Labute approximate surface area is 153 Å². The average Bonchev–Trinajstić information content (AvgIpc) is 2.64. The van der Waals surface area contributed by atoms with Gasteiger partial charge < -0.3 is 10.6 Å². The second kappa shape index (κ2) is 8.13. The number of nitro benzene ring substituents is 1. The van der Waals surface area contributed by atoms with Crippen molar-refractivity contribution in [1.82, 2.24) is 4.98 Å². The highest BCUT2D eigenvalue weighted by molar-refractivity contribution is 7.99. The van der Waals surface area contributed by atoms with Crippen molar-refractivity contribution in [2.75, 3.05) is 10.6 Å². The summed E-state index contributed by atoms with van der Waals surface area (Å²) in [6.07, 6.45) is 3.19. The van der Waals surface area contributed by atoms with Gasteiger partial charge in [0.25, 0.3) is 5.69 Å². The van der Waals surface area contributed by atoms with Crippen molar-refractivity contribution >= 4 is 34.9 Å². The van der Waals surface area contributed by atoms with E-state index in [1.54, 1.807) is 48.8 Å². The van der Waals surface area contributed by atoms with Crippen LogP contribution >= 0.6 is 11.8 Å². The summed E-state index contributed by atoms with van der Waals surface area (Å²) in [5, 5.41) is 16.1. The van der Waals surface area contributed by atoms with Crippen molar-refractivity contribution in [3.05, 3.63) is 83.2 Å². The van der Waals surface area contributed by atoms with Crippen molar-refractivity contribution in [3.8, 4) is 0 Å². The molecule has 0 aliphatic rings. The fourth-order valence-corrected chi connectivity index (χ4v) is 2.92. The van der Waals surface area contributed by atoms with Crippen molar-refractivity contribution in [2.24, 2.45) is 0 Å². The molecule has 3 rings (SSSR count). The van der Waals surface area contributed by atoms with E-state index in [-0.39, 0.29) is 11.7 Å². The Morgan fingerprint density at radius 1 is 0.923 bits per heavy atom. The standard InChI is InChI=1S/C18H14N4O3S/c23-18(21-14-2-1-11-19-12-14)20-13-3-7-16(8-4-13)26-17-9-5-15(6-10-17)22(24)25/h1-12H,(H2,20,21,23). The first-order valence-corrected chi connectivity index (χ1v) is 8.42. The number of nitrogens with zero attached hydrogens (tertiary/aromatic N) is 2. The fourth-order valence-electron chi connectivity index (χ4n) is 2.11. The second-order valence-electron chi connectivity index (χ2n) is 5.20. The highest BCUT2D eigenvalue weighted by Crippen LogP contribution is 2.29. The molecule has 2 aromatic carbocycles. The van der Waals surface area contributed by atoms with Crippen LogP contribution in [0.4, 0.5) is 21.9 Å². The summed E-state index contributed by atoms with van der Waals surface area (Å²) in [5.41, 5.74) is 1.32. The number of anilines is 2. The molecule has 3 aromatic rings. The summed E-state index contributed by atoms with van der Waals surface area (Å²) in [6, 6.07) is 16.8. The van der Waals surface area contributed by atoms with Crippen LogP contribution in [0, 0.1) is 10.1 Å². The van der Waals surface area contributed by atoms with Crippen LogP contribution in [0.3, 0.4) is 0 Å². The Hall–Kier alpha value is -3.39. The quantitative estimate of drug-likeness (QED) is 0.500. The van der Waals surface area contributed by atoms with Gasteiger partial charge in [-0.3, -0.25) is 15.1 Å². The topological polar surface area (TPSA) is 97.2 Å². The zero-order chi connectivity index (χ0) is 18.4. The van der Waals surface area contributed by atoms with Crippen LogP contribution in [-0.4, -0.2) is 15.9 Å². The van der Waals surface area contributed by atoms with E-state index in [1.165, 1.54) is 23.9 Å². The lowest BCUT2D eigenvalue weighted by molar-refractivity contribution is -0.384. The van der Waals surface area contributed by atoms with Crippen LogP contribution < -0.4 is 10.6 Å². The minimum atomic E-state index is -0.425. The number of benzene rings is 2. The molecular weight excluding hydrogens is 352 g/mol. The third kappa shape index (κ3) is 4.81. The van der Waals surface area contributed by atoms with Crippen LogP contribution in [0.5, 0.6) is 0 Å². The second-order valence-corrected chi connectivity index (χ2v) is 6.35. The van der Waals surface area contributed by atoms with Gasteiger partial charge in [0.05, 0.1) is 16.8 Å². The minimum absolute atomic E-state index is 0.0635. The highest BCUT2D eigenvalue weighted by Gasteiger charge is 2.06. The van der Waals surface area contributed by atoms with Crippen LogP contribution in [0.25, 0.3) is 0 Å². The lowest BCUT2D eigenvalue weighted by Crippen LogP contribution is -2.19. The molecule has 0 aliphatic heterocycles. The predicted octanol–water partition coefficient (Wildman–Crippen LogP) is 4.79. The Balaban J connectivity index is 1.57. The van der Waals surface area contributed by atoms with Gasteiger partial charge in [0.15, 0.2) is 0 Å². The normalized spacial score (nSPS) is 10.2. The third-order valence-corrected chi connectivity index (χ3v) is 4.33. The number of carbonyl (C=O) groups is 1.